The molecule has 11 heteroatoms. The number of primary amides is 1. The van der Waals surface area contributed by atoms with E-state index in [4.69, 9.17) is 10.5 Å². The summed E-state index contributed by atoms with van der Waals surface area (Å²) >= 11 is 0. The van der Waals surface area contributed by atoms with E-state index in [9.17, 15) is 39.9 Å². The third-order valence-electron chi connectivity index (χ3n) is 8.54. The summed E-state index contributed by atoms with van der Waals surface area (Å²) in [6.07, 6.45) is 4.37. The molecule has 0 saturated heterocycles. The number of likely N-dealkylation sites (N-methyl/N-ethyl adjacent to an activating group) is 1. The second kappa shape index (κ2) is 10.3. The number of phenolic OH excluding ortho intramolecular Hbond substituents is 2. The average molecular weight is 577 g/mol. The van der Waals surface area contributed by atoms with E-state index in [-0.39, 0.29) is 35.5 Å². The smallest absolute Gasteiger partial charge is 0.255 e. The summed E-state index contributed by atoms with van der Waals surface area (Å²) in [7, 11) is 4.57. The molecule has 4 atom stereocenters. The van der Waals surface area contributed by atoms with Crippen LogP contribution >= 0.6 is 0 Å². The van der Waals surface area contributed by atoms with Gasteiger partial charge in [-0.3, -0.25) is 19.3 Å². The zero-order valence-corrected chi connectivity index (χ0v) is 23.3. The number of rotatable bonds is 6. The van der Waals surface area contributed by atoms with Crippen molar-refractivity contribution in [3.63, 3.8) is 0 Å². The fraction of sp³-hybridized carbons (Fsp3) is 0.323. The first-order chi connectivity index (χ1) is 19.8. The lowest BCUT2D eigenvalue weighted by atomic mass is 9.57. The number of amides is 1. The van der Waals surface area contributed by atoms with Crippen LogP contribution in [0.4, 0.5) is 0 Å². The molecule has 1 fully saturated rings. The van der Waals surface area contributed by atoms with E-state index >= 15 is 0 Å². The Kier molecular flexibility index (Phi) is 7.12. The summed E-state index contributed by atoms with van der Waals surface area (Å²) in [4.78, 5) is 40.7. The molecule has 0 radical (unpaired) electrons. The maximum atomic E-state index is 13.9. The molecule has 5 rings (SSSR count). The quantitative estimate of drug-likeness (QED) is 0.277. The molecule has 2 aromatic rings. The van der Waals surface area contributed by atoms with Crippen molar-refractivity contribution >= 4 is 29.3 Å². The Morgan fingerprint density at radius 1 is 1.12 bits per heavy atom. The van der Waals surface area contributed by atoms with Gasteiger partial charge >= 0.3 is 0 Å². The molecule has 220 valence electrons. The van der Waals surface area contributed by atoms with Crippen molar-refractivity contribution in [3.8, 4) is 17.2 Å². The van der Waals surface area contributed by atoms with Crippen LogP contribution in [0.1, 0.15) is 28.7 Å². The predicted octanol–water partition coefficient (Wildman–Crippen LogP) is 1.93. The van der Waals surface area contributed by atoms with Gasteiger partial charge in [-0.15, -0.1) is 0 Å². The Bertz CT molecular complexity index is 1620. The Labute approximate surface area is 241 Å². The Morgan fingerprint density at radius 3 is 2.45 bits per heavy atom. The molecule has 1 amide bonds. The van der Waals surface area contributed by atoms with Gasteiger partial charge in [0.05, 0.1) is 18.7 Å². The molecule has 4 unspecified atom stereocenters. The van der Waals surface area contributed by atoms with E-state index in [0.717, 1.165) is 5.56 Å². The van der Waals surface area contributed by atoms with Crippen molar-refractivity contribution in [3.05, 3.63) is 75.6 Å². The van der Waals surface area contributed by atoms with Gasteiger partial charge in [0.25, 0.3) is 5.91 Å². The van der Waals surface area contributed by atoms with E-state index in [0.29, 0.717) is 23.3 Å². The SMILES string of the molecule is COc1cc(C/C=C\c2ccc(O)c3c2CC2CC4C(N(C)C)C(=O)C(C(N)=O)=C(O)C4(O)C(=O)C2=C3O)ccc1O. The van der Waals surface area contributed by atoms with Crippen LogP contribution < -0.4 is 10.5 Å². The number of aromatic hydroxyl groups is 2. The second-order valence-electron chi connectivity index (χ2n) is 11.1. The molecule has 0 bridgehead atoms. The van der Waals surface area contributed by atoms with Crippen LogP contribution in [0.5, 0.6) is 17.2 Å². The molecule has 2 aromatic carbocycles. The molecule has 7 N–H and O–H groups in total. The lowest BCUT2D eigenvalue weighted by Gasteiger charge is -2.50. The van der Waals surface area contributed by atoms with Gasteiger partial charge < -0.3 is 36.0 Å². The number of carbonyl (C=O) groups excluding carboxylic acids is 3. The number of nitrogens with two attached hydrogens (primary N) is 1. The van der Waals surface area contributed by atoms with Gasteiger partial charge in [0, 0.05) is 11.5 Å². The number of aliphatic hydroxyl groups excluding tert-OH is 2. The maximum absolute atomic E-state index is 13.9. The molecule has 3 aliphatic rings. The number of hydrogen-bond donors (Lipinski definition) is 6. The van der Waals surface area contributed by atoms with Crippen LogP contribution in [0.15, 0.2) is 53.3 Å². The van der Waals surface area contributed by atoms with E-state index in [1.54, 1.807) is 32.3 Å². The van der Waals surface area contributed by atoms with Gasteiger partial charge in [-0.2, -0.15) is 0 Å². The van der Waals surface area contributed by atoms with Gasteiger partial charge in [-0.1, -0.05) is 24.3 Å². The van der Waals surface area contributed by atoms with E-state index in [1.807, 2.05) is 12.2 Å². The number of ketones is 2. The molecule has 42 heavy (non-hydrogen) atoms. The summed E-state index contributed by atoms with van der Waals surface area (Å²) in [5.74, 6) is -6.51. The van der Waals surface area contributed by atoms with Gasteiger partial charge in [0.1, 0.15) is 22.8 Å². The fourth-order valence-electron chi connectivity index (χ4n) is 6.60. The highest BCUT2D eigenvalue weighted by atomic mass is 16.5. The summed E-state index contributed by atoms with van der Waals surface area (Å²) in [6.45, 7) is 0. The van der Waals surface area contributed by atoms with Crippen LogP contribution in [0.25, 0.3) is 11.8 Å². The summed E-state index contributed by atoms with van der Waals surface area (Å²) in [5.41, 5.74) is 3.78. The number of Topliss-reactive ketones (excluding diaryl/α,β-unsaturated/α-hetero) is 2. The van der Waals surface area contributed by atoms with Crippen LogP contribution in [0.2, 0.25) is 0 Å². The molecule has 1 saturated carbocycles. The van der Waals surface area contributed by atoms with E-state index < -0.39 is 58.0 Å². The van der Waals surface area contributed by atoms with Crippen molar-refractivity contribution in [2.45, 2.75) is 30.9 Å². The summed E-state index contributed by atoms with van der Waals surface area (Å²) < 4.78 is 5.16. The number of ether oxygens (including phenoxy) is 1. The fourth-order valence-corrected chi connectivity index (χ4v) is 6.60. The van der Waals surface area contributed by atoms with Gasteiger partial charge in [-0.05, 0) is 74.2 Å². The molecule has 0 aromatic heterocycles. The molecule has 0 heterocycles. The van der Waals surface area contributed by atoms with Crippen LogP contribution in [-0.4, -0.2) is 80.8 Å². The largest absolute Gasteiger partial charge is 0.508 e. The lowest BCUT2D eigenvalue weighted by Crippen LogP contribution is -2.65. The van der Waals surface area contributed by atoms with Crippen LogP contribution in [0.3, 0.4) is 0 Å². The van der Waals surface area contributed by atoms with Crippen molar-refractivity contribution < 1.29 is 44.7 Å². The van der Waals surface area contributed by atoms with Crippen molar-refractivity contribution in [1.82, 2.24) is 4.90 Å². The zero-order valence-electron chi connectivity index (χ0n) is 23.3. The van der Waals surface area contributed by atoms with Crippen molar-refractivity contribution in [1.29, 1.82) is 0 Å². The van der Waals surface area contributed by atoms with Gasteiger partial charge in [0.15, 0.2) is 22.9 Å². The third kappa shape index (κ3) is 4.24. The number of nitrogens with zero attached hydrogens (tertiary/aromatic N) is 1. The Hall–Kier alpha value is -4.61. The lowest BCUT2D eigenvalue weighted by molar-refractivity contribution is -0.153. The topological polar surface area (TPSA) is 191 Å². The molecule has 0 spiro atoms. The molecule has 11 nitrogen and oxygen atoms in total. The number of fused-ring (bicyclic) bond motifs is 3. The minimum Gasteiger partial charge on any atom is -0.508 e. The normalized spacial score (nSPS) is 25.5. The number of carbonyl (C=O) groups is 3. The highest BCUT2D eigenvalue weighted by molar-refractivity contribution is 6.24. The number of methoxy groups -OCH3 is 1. The maximum Gasteiger partial charge on any atom is 0.255 e. The van der Waals surface area contributed by atoms with Crippen LogP contribution in [-0.2, 0) is 27.2 Å². The van der Waals surface area contributed by atoms with Gasteiger partial charge in [0.2, 0.25) is 5.78 Å². The minimum absolute atomic E-state index is 0.0118. The standard InChI is InChI=1S/C31H32N2O9/c1-33(2)25-18-13-16-12-17-15(6-4-5-14-7-9-19(34)21(11-14)42-3)8-10-20(35)23(17)26(36)22(16)28(38)31(18,41)29(39)24(27(25)37)30(32)40/h4,6-11,16,18,25,34-36,39,41H,5,12-13H2,1-3H3,(H2,32,40)/b6-4-. The second-order valence-corrected chi connectivity index (χ2v) is 11.1. The van der Waals surface area contributed by atoms with E-state index in [2.05, 4.69) is 0 Å². The van der Waals surface area contributed by atoms with E-state index in [1.165, 1.54) is 24.1 Å². The molecular formula is C31H32N2O9. The molecular weight excluding hydrogens is 544 g/mol. The highest BCUT2D eigenvalue weighted by Gasteiger charge is 2.64. The van der Waals surface area contributed by atoms with Gasteiger partial charge in [-0.25, -0.2) is 0 Å². The molecule has 0 aliphatic heterocycles. The number of hydrogen-bond acceptors (Lipinski definition) is 10. The predicted molar refractivity (Wildman–Crippen MR) is 152 cm³/mol. The Balaban J connectivity index is 1.58. The minimum atomic E-state index is -2.68. The van der Waals surface area contributed by atoms with Crippen molar-refractivity contribution in [2.75, 3.05) is 21.2 Å². The number of allylic oxidation sites excluding steroid dienone is 1. The number of phenols is 2. The van der Waals surface area contributed by atoms with Crippen molar-refractivity contribution in [2.24, 2.45) is 17.6 Å². The summed E-state index contributed by atoms with van der Waals surface area (Å²) in [6, 6.07) is 6.92. The first-order valence-electron chi connectivity index (χ1n) is 13.3. The first kappa shape index (κ1) is 28.9. The Morgan fingerprint density at radius 2 is 1.81 bits per heavy atom. The van der Waals surface area contributed by atoms with Crippen LogP contribution in [0, 0.1) is 11.8 Å². The zero-order chi connectivity index (χ0) is 30.7. The first-order valence-corrected chi connectivity index (χ1v) is 13.3. The average Bonchev–Trinajstić information content (AvgIpc) is 2.92. The summed E-state index contributed by atoms with van der Waals surface area (Å²) in [5, 5.41) is 54.6. The number of benzene rings is 2. The molecule has 3 aliphatic carbocycles. The number of aliphatic hydroxyl groups is 3. The monoisotopic (exact) mass is 576 g/mol. The third-order valence-corrected chi connectivity index (χ3v) is 8.54. The highest BCUT2D eigenvalue weighted by Crippen LogP contribution is 2.53.